The molecule has 0 radical (unpaired) electrons. The molecule has 0 rings (SSSR count). The van der Waals surface area contributed by atoms with E-state index in [2.05, 4.69) is 11.9 Å². The first-order valence-corrected chi connectivity index (χ1v) is 3.77. The zero-order chi connectivity index (χ0) is 9.56. The lowest BCUT2D eigenvalue weighted by Gasteiger charge is -2.17. The minimum atomic E-state index is -0.221. The molecule has 0 fully saturated rings. The van der Waals surface area contributed by atoms with Crippen molar-refractivity contribution < 1.29 is 9.59 Å². The molecule has 0 aliphatic heterocycles. The van der Waals surface area contributed by atoms with Gasteiger partial charge in [-0.3, -0.25) is 9.59 Å². The average Bonchev–Trinajstić information content (AvgIpc) is 2.12. The number of nitrogens with one attached hydrogen (secondary N) is 1. The summed E-state index contributed by atoms with van der Waals surface area (Å²) in [5.41, 5.74) is 0. The Morgan fingerprint density at radius 2 is 2.17 bits per heavy atom. The Bertz CT molecular complexity index is 189. The fourth-order valence-corrected chi connectivity index (χ4v) is 0.727. The van der Waals surface area contributed by atoms with Crippen LogP contribution in [-0.2, 0) is 9.59 Å². The summed E-state index contributed by atoms with van der Waals surface area (Å²) in [6, 6.07) is 0. The minimum Gasteiger partial charge on any atom is -0.358 e. The maximum atomic E-state index is 11.0. The van der Waals surface area contributed by atoms with Gasteiger partial charge in [0.1, 0.15) is 0 Å². The minimum absolute atomic E-state index is 0.0951. The van der Waals surface area contributed by atoms with Crippen molar-refractivity contribution >= 4 is 11.8 Å². The number of likely N-dealkylation sites (N-methyl/N-ethyl adjacent to an activating group) is 2. The summed E-state index contributed by atoms with van der Waals surface area (Å²) in [6.45, 7) is 5.76. The van der Waals surface area contributed by atoms with Gasteiger partial charge in [-0.15, -0.1) is 0 Å². The Morgan fingerprint density at radius 3 is 2.50 bits per heavy atom. The Kier molecular flexibility index (Phi) is 4.76. The van der Waals surface area contributed by atoms with Crippen molar-refractivity contribution in [1.82, 2.24) is 10.2 Å². The van der Waals surface area contributed by atoms with Gasteiger partial charge >= 0.3 is 0 Å². The maximum Gasteiger partial charge on any atom is 0.246 e. The second-order valence-corrected chi connectivity index (χ2v) is 2.23. The normalized spacial score (nSPS) is 8.83. The smallest absolute Gasteiger partial charge is 0.246 e. The molecule has 4 heteroatoms. The topological polar surface area (TPSA) is 49.4 Å². The Labute approximate surface area is 72.2 Å². The fourth-order valence-electron chi connectivity index (χ4n) is 0.727. The highest BCUT2D eigenvalue weighted by atomic mass is 16.2. The van der Waals surface area contributed by atoms with Crippen LogP contribution in [0.15, 0.2) is 12.7 Å². The van der Waals surface area contributed by atoms with Crippen molar-refractivity contribution in [2.75, 3.05) is 20.1 Å². The molecule has 0 atom stereocenters. The number of nitrogens with zero attached hydrogens (tertiary/aromatic N) is 1. The molecule has 0 aliphatic carbocycles. The van der Waals surface area contributed by atoms with Gasteiger partial charge in [0.25, 0.3) is 0 Å². The molecule has 0 aromatic heterocycles. The van der Waals surface area contributed by atoms with Crippen molar-refractivity contribution in [2.45, 2.75) is 6.92 Å². The first-order valence-electron chi connectivity index (χ1n) is 3.77. The summed E-state index contributed by atoms with van der Waals surface area (Å²) in [4.78, 5) is 23.3. The van der Waals surface area contributed by atoms with E-state index in [0.717, 1.165) is 0 Å². The lowest BCUT2D eigenvalue weighted by molar-refractivity contribution is -0.132. The number of rotatable bonds is 4. The van der Waals surface area contributed by atoms with E-state index in [4.69, 9.17) is 0 Å². The predicted octanol–water partition coefficient (Wildman–Crippen LogP) is -0.233. The first-order chi connectivity index (χ1) is 5.65. The molecule has 0 aliphatic rings. The lowest BCUT2D eigenvalue weighted by atomic mass is 10.4. The van der Waals surface area contributed by atoms with Crippen LogP contribution < -0.4 is 5.32 Å². The second kappa shape index (κ2) is 5.35. The number of amides is 2. The van der Waals surface area contributed by atoms with E-state index in [1.165, 1.54) is 18.0 Å². The van der Waals surface area contributed by atoms with Crippen molar-refractivity contribution in [1.29, 1.82) is 0 Å². The van der Waals surface area contributed by atoms with E-state index in [0.29, 0.717) is 6.54 Å². The molecular formula is C8H14N2O2. The van der Waals surface area contributed by atoms with Gasteiger partial charge < -0.3 is 10.2 Å². The summed E-state index contributed by atoms with van der Waals surface area (Å²) in [5.74, 6) is -0.395. The highest BCUT2D eigenvalue weighted by Crippen LogP contribution is 1.89. The zero-order valence-corrected chi connectivity index (χ0v) is 7.46. The first kappa shape index (κ1) is 10.7. The van der Waals surface area contributed by atoms with Crippen LogP contribution in [0.3, 0.4) is 0 Å². The van der Waals surface area contributed by atoms with E-state index >= 15 is 0 Å². The van der Waals surface area contributed by atoms with E-state index in [-0.39, 0.29) is 18.4 Å². The van der Waals surface area contributed by atoms with Gasteiger partial charge in [-0.25, -0.2) is 0 Å². The summed E-state index contributed by atoms with van der Waals surface area (Å²) >= 11 is 0. The SMILES string of the molecule is C=CC(=O)N(CC)CC(=O)NC. The van der Waals surface area contributed by atoms with Crippen LogP contribution >= 0.6 is 0 Å². The molecule has 68 valence electrons. The van der Waals surface area contributed by atoms with Gasteiger partial charge in [0.2, 0.25) is 11.8 Å². The number of hydrogen-bond donors (Lipinski definition) is 1. The number of carbonyl (C=O) groups is 2. The third kappa shape index (κ3) is 3.18. The van der Waals surface area contributed by atoms with E-state index in [1.807, 2.05) is 6.92 Å². The monoisotopic (exact) mass is 170 g/mol. The molecule has 0 heterocycles. The van der Waals surface area contributed by atoms with Gasteiger partial charge in [0, 0.05) is 13.6 Å². The predicted molar refractivity (Wildman–Crippen MR) is 46.5 cm³/mol. The van der Waals surface area contributed by atoms with Gasteiger partial charge in [-0.05, 0) is 13.0 Å². The lowest BCUT2D eigenvalue weighted by Crippen LogP contribution is -2.38. The second-order valence-electron chi connectivity index (χ2n) is 2.23. The largest absolute Gasteiger partial charge is 0.358 e. The highest BCUT2D eigenvalue weighted by molar-refractivity contribution is 5.90. The molecule has 0 unspecified atom stereocenters. The van der Waals surface area contributed by atoms with Gasteiger partial charge in [0.15, 0.2) is 0 Å². The van der Waals surface area contributed by atoms with Crippen molar-refractivity contribution in [3.05, 3.63) is 12.7 Å². The Hall–Kier alpha value is -1.32. The van der Waals surface area contributed by atoms with E-state index < -0.39 is 0 Å². The van der Waals surface area contributed by atoms with E-state index in [1.54, 1.807) is 0 Å². The molecule has 0 saturated carbocycles. The van der Waals surface area contributed by atoms with Crippen LogP contribution in [0.1, 0.15) is 6.92 Å². The average molecular weight is 170 g/mol. The number of carbonyl (C=O) groups excluding carboxylic acids is 2. The number of hydrogen-bond acceptors (Lipinski definition) is 2. The van der Waals surface area contributed by atoms with Crippen LogP contribution in [0.4, 0.5) is 0 Å². The highest BCUT2D eigenvalue weighted by Gasteiger charge is 2.10. The van der Waals surface area contributed by atoms with Crippen molar-refractivity contribution in [3.63, 3.8) is 0 Å². The summed E-state index contributed by atoms with van der Waals surface area (Å²) < 4.78 is 0. The van der Waals surface area contributed by atoms with Gasteiger partial charge in [-0.2, -0.15) is 0 Å². The van der Waals surface area contributed by atoms with Crippen LogP contribution in [0.5, 0.6) is 0 Å². The molecule has 0 aromatic rings. The van der Waals surface area contributed by atoms with Crippen LogP contribution in [0.25, 0.3) is 0 Å². The molecule has 1 N–H and O–H groups in total. The fraction of sp³-hybridized carbons (Fsp3) is 0.500. The summed E-state index contributed by atoms with van der Waals surface area (Å²) in [5, 5.41) is 2.44. The third-order valence-electron chi connectivity index (χ3n) is 1.48. The zero-order valence-electron chi connectivity index (χ0n) is 7.46. The van der Waals surface area contributed by atoms with Crippen LogP contribution in [0, 0.1) is 0 Å². The standard InChI is InChI=1S/C8H14N2O2/c1-4-8(12)10(5-2)6-7(11)9-3/h4H,1,5-6H2,2-3H3,(H,9,11). The third-order valence-corrected chi connectivity index (χ3v) is 1.48. The van der Waals surface area contributed by atoms with Gasteiger partial charge in [-0.1, -0.05) is 6.58 Å². The van der Waals surface area contributed by atoms with Crippen molar-refractivity contribution in [3.8, 4) is 0 Å². The Balaban J connectivity index is 4.07. The molecule has 12 heavy (non-hydrogen) atoms. The molecule has 0 aromatic carbocycles. The quantitative estimate of drug-likeness (QED) is 0.592. The molecule has 2 amide bonds. The molecule has 0 spiro atoms. The van der Waals surface area contributed by atoms with Crippen LogP contribution in [-0.4, -0.2) is 36.9 Å². The molecule has 0 saturated heterocycles. The van der Waals surface area contributed by atoms with Gasteiger partial charge in [0.05, 0.1) is 6.54 Å². The molecular weight excluding hydrogens is 156 g/mol. The molecule has 0 bridgehead atoms. The summed E-state index contributed by atoms with van der Waals surface area (Å²) in [7, 11) is 1.54. The van der Waals surface area contributed by atoms with Crippen LogP contribution in [0.2, 0.25) is 0 Å². The summed E-state index contributed by atoms with van der Waals surface area (Å²) in [6.07, 6.45) is 1.20. The van der Waals surface area contributed by atoms with E-state index in [9.17, 15) is 9.59 Å². The molecule has 4 nitrogen and oxygen atoms in total. The Morgan fingerprint density at radius 1 is 1.58 bits per heavy atom. The maximum absolute atomic E-state index is 11.0. The van der Waals surface area contributed by atoms with Crippen molar-refractivity contribution in [2.24, 2.45) is 0 Å².